The second kappa shape index (κ2) is 6.83. The molecule has 29 heavy (non-hydrogen) atoms. The van der Waals surface area contributed by atoms with Gasteiger partial charge in [0.05, 0.1) is 0 Å². The highest BCUT2D eigenvalue weighted by Crippen LogP contribution is 2.29. The predicted molar refractivity (Wildman–Crippen MR) is 113 cm³/mol. The molecule has 140 valence electrons. The van der Waals surface area contributed by atoms with Crippen LogP contribution in [0.3, 0.4) is 0 Å². The van der Waals surface area contributed by atoms with Crippen LogP contribution in [0.5, 0.6) is 0 Å². The van der Waals surface area contributed by atoms with Gasteiger partial charge in [0.25, 0.3) is 0 Å². The van der Waals surface area contributed by atoms with Crippen molar-refractivity contribution in [2.24, 2.45) is 0 Å². The standard InChI is InChI=1S/C23H17N5O/c1-15(29)25-19-9-6-16(7-10-19)23-27-26-22-11-8-18(14-28(22)23)21-13-24-12-17-4-2-3-5-20(17)21/h2-14H,1H3,(H,25,29). The SMILES string of the molecule is CC(=O)Nc1ccc(-c2nnc3ccc(-c4cncc5ccccc45)cn23)cc1. The molecule has 0 aliphatic rings. The van der Waals surface area contributed by atoms with E-state index in [9.17, 15) is 4.79 Å². The average molecular weight is 379 g/mol. The zero-order valence-electron chi connectivity index (χ0n) is 15.7. The van der Waals surface area contributed by atoms with Gasteiger partial charge in [-0.3, -0.25) is 14.2 Å². The minimum absolute atomic E-state index is 0.0981. The summed E-state index contributed by atoms with van der Waals surface area (Å²) in [5, 5.41) is 13.7. The lowest BCUT2D eigenvalue weighted by molar-refractivity contribution is -0.114. The summed E-state index contributed by atoms with van der Waals surface area (Å²) in [6.45, 7) is 1.49. The first-order chi connectivity index (χ1) is 14.2. The molecular formula is C23H17N5O. The van der Waals surface area contributed by atoms with E-state index in [4.69, 9.17) is 0 Å². The number of amides is 1. The van der Waals surface area contributed by atoms with Crippen molar-refractivity contribution in [2.75, 3.05) is 5.32 Å². The molecule has 5 rings (SSSR count). The van der Waals surface area contributed by atoms with Gasteiger partial charge >= 0.3 is 0 Å². The molecule has 0 aliphatic carbocycles. The van der Waals surface area contributed by atoms with Gasteiger partial charge in [-0.1, -0.05) is 24.3 Å². The fourth-order valence-electron chi connectivity index (χ4n) is 3.50. The summed E-state index contributed by atoms with van der Waals surface area (Å²) in [5.41, 5.74) is 4.53. The van der Waals surface area contributed by atoms with Crippen LogP contribution in [0.25, 0.3) is 38.9 Å². The summed E-state index contributed by atoms with van der Waals surface area (Å²) in [6, 6.07) is 19.8. The third kappa shape index (κ3) is 3.10. The van der Waals surface area contributed by atoms with Gasteiger partial charge in [-0.25, -0.2) is 0 Å². The molecule has 6 heteroatoms. The van der Waals surface area contributed by atoms with Crippen molar-refractivity contribution in [3.05, 3.63) is 79.3 Å². The number of hydrogen-bond donors (Lipinski definition) is 1. The van der Waals surface area contributed by atoms with Crippen LogP contribution in [0.15, 0.2) is 79.3 Å². The Kier molecular flexibility index (Phi) is 4.02. The van der Waals surface area contributed by atoms with Crippen LogP contribution >= 0.6 is 0 Å². The van der Waals surface area contributed by atoms with Gasteiger partial charge in [0.1, 0.15) is 0 Å². The molecule has 0 saturated carbocycles. The Bertz CT molecular complexity index is 1350. The van der Waals surface area contributed by atoms with Gasteiger partial charge in [-0.15, -0.1) is 10.2 Å². The summed E-state index contributed by atoms with van der Waals surface area (Å²) in [7, 11) is 0. The third-order valence-corrected chi connectivity index (χ3v) is 4.85. The first kappa shape index (κ1) is 17.1. The first-order valence-electron chi connectivity index (χ1n) is 9.25. The molecule has 5 aromatic rings. The number of benzene rings is 2. The Balaban J connectivity index is 1.61. The molecule has 3 aromatic heterocycles. The first-order valence-corrected chi connectivity index (χ1v) is 9.25. The Morgan fingerprint density at radius 2 is 1.69 bits per heavy atom. The Morgan fingerprint density at radius 1 is 0.897 bits per heavy atom. The van der Waals surface area contributed by atoms with E-state index in [-0.39, 0.29) is 5.91 Å². The van der Waals surface area contributed by atoms with Crippen molar-refractivity contribution in [1.82, 2.24) is 19.6 Å². The summed E-state index contributed by atoms with van der Waals surface area (Å²) >= 11 is 0. The van der Waals surface area contributed by atoms with Gasteiger partial charge in [0, 0.05) is 53.3 Å². The van der Waals surface area contributed by atoms with Crippen molar-refractivity contribution >= 4 is 28.0 Å². The molecule has 0 saturated heterocycles. The Labute approximate surface area is 166 Å². The fourth-order valence-corrected chi connectivity index (χ4v) is 3.50. The van der Waals surface area contributed by atoms with Gasteiger partial charge in [-0.05, 0) is 41.8 Å². The van der Waals surface area contributed by atoms with Crippen LogP contribution in [0, 0.1) is 0 Å². The van der Waals surface area contributed by atoms with Crippen molar-refractivity contribution < 1.29 is 4.79 Å². The lowest BCUT2D eigenvalue weighted by Gasteiger charge is -2.08. The van der Waals surface area contributed by atoms with Crippen molar-refractivity contribution in [1.29, 1.82) is 0 Å². The Morgan fingerprint density at radius 3 is 2.52 bits per heavy atom. The number of aromatic nitrogens is 4. The quantitative estimate of drug-likeness (QED) is 0.498. The number of nitrogens with one attached hydrogen (secondary N) is 1. The van der Waals surface area contributed by atoms with Crippen LogP contribution in [-0.4, -0.2) is 25.5 Å². The van der Waals surface area contributed by atoms with E-state index in [0.29, 0.717) is 0 Å². The van der Waals surface area contributed by atoms with Gasteiger partial charge < -0.3 is 5.32 Å². The zero-order chi connectivity index (χ0) is 19.8. The summed E-state index contributed by atoms with van der Waals surface area (Å²) < 4.78 is 1.98. The van der Waals surface area contributed by atoms with E-state index in [0.717, 1.165) is 44.6 Å². The highest BCUT2D eigenvalue weighted by molar-refractivity contribution is 5.95. The van der Waals surface area contributed by atoms with E-state index in [1.807, 2.05) is 71.5 Å². The second-order valence-electron chi connectivity index (χ2n) is 6.84. The number of fused-ring (bicyclic) bond motifs is 2. The number of nitrogens with zero attached hydrogens (tertiary/aromatic N) is 4. The van der Waals surface area contributed by atoms with E-state index in [1.165, 1.54) is 6.92 Å². The molecule has 0 aliphatic heterocycles. The molecule has 3 heterocycles. The van der Waals surface area contributed by atoms with Gasteiger partial charge in [-0.2, -0.15) is 0 Å². The maximum Gasteiger partial charge on any atom is 0.221 e. The number of carbonyl (C=O) groups is 1. The molecular weight excluding hydrogens is 362 g/mol. The number of anilines is 1. The molecule has 0 radical (unpaired) electrons. The molecule has 0 atom stereocenters. The van der Waals surface area contributed by atoms with Crippen molar-refractivity contribution in [3.8, 4) is 22.5 Å². The molecule has 0 unspecified atom stereocenters. The largest absolute Gasteiger partial charge is 0.326 e. The summed E-state index contributed by atoms with van der Waals surface area (Å²) in [6.07, 6.45) is 5.80. The lowest BCUT2D eigenvalue weighted by atomic mass is 10.0. The fraction of sp³-hybridized carbons (Fsp3) is 0.0435. The molecule has 1 amide bonds. The lowest BCUT2D eigenvalue weighted by Crippen LogP contribution is -2.05. The summed E-state index contributed by atoms with van der Waals surface area (Å²) in [5.74, 6) is 0.642. The van der Waals surface area contributed by atoms with E-state index in [1.54, 1.807) is 0 Å². The van der Waals surface area contributed by atoms with E-state index in [2.05, 4.69) is 32.6 Å². The smallest absolute Gasteiger partial charge is 0.221 e. The van der Waals surface area contributed by atoms with Crippen molar-refractivity contribution in [3.63, 3.8) is 0 Å². The van der Waals surface area contributed by atoms with E-state index < -0.39 is 0 Å². The number of pyridine rings is 2. The van der Waals surface area contributed by atoms with E-state index >= 15 is 0 Å². The van der Waals surface area contributed by atoms with Crippen LogP contribution in [0.1, 0.15) is 6.92 Å². The maximum atomic E-state index is 11.2. The second-order valence-corrected chi connectivity index (χ2v) is 6.84. The zero-order valence-corrected chi connectivity index (χ0v) is 15.7. The molecule has 1 N–H and O–H groups in total. The molecule has 6 nitrogen and oxygen atoms in total. The highest BCUT2D eigenvalue weighted by Gasteiger charge is 2.11. The highest BCUT2D eigenvalue weighted by atomic mass is 16.1. The minimum Gasteiger partial charge on any atom is -0.326 e. The van der Waals surface area contributed by atoms with Crippen molar-refractivity contribution in [2.45, 2.75) is 6.92 Å². The molecule has 2 aromatic carbocycles. The number of hydrogen-bond acceptors (Lipinski definition) is 4. The molecule has 0 spiro atoms. The third-order valence-electron chi connectivity index (χ3n) is 4.85. The topological polar surface area (TPSA) is 72.2 Å². The molecule has 0 fully saturated rings. The van der Waals surface area contributed by atoms with Crippen LogP contribution < -0.4 is 5.32 Å². The van der Waals surface area contributed by atoms with Gasteiger partial charge in [0.15, 0.2) is 11.5 Å². The number of rotatable bonds is 3. The number of carbonyl (C=O) groups excluding carboxylic acids is 1. The predicted octanol–water partition coefficient (Wildman–Crippen LogP) is 4.57. The van der Waals surface area contributed by atoms with Crippen LogP contribution in [-0.2, 0) is 4.79 Å². The van der Waals surface area contributed by atoms with Crippen LogP contribution in [0.2, 0.25) is 0 Å². The normalized spacial score (nSPS) is 11.1. The summed E-state index contributed by atoms with van der Waals surface area (Å²) in [4.78, 5) is 15.6. The molecule has 0 bridgehead atoms. The monoisotopic (exact) mass is 379 g/mol. The van der Waals surface area contributed by atoms with Gasteiger partial charge in [0.2, 0.25) is 5.91 Å². The minimum atomic E-state index is -0.0981. The van der Waals surface area contributed by atoms with Crippen LogP contribution in [0.4, 0.5) is 5.69 Å². The Hall–Kier alpha value is -4.06. The maximum absolute atomic E-state index is 11.2. The average Bonchev–Trinajstić information content (AvgIpc) is 3.17.